The van der Waals surface area contributed by atoms with Crippen molar-refractivity contribution < 1.29 is 32.5 Å². The van der Waals surface area contributed by atoms with Gasteiger partial charge in [-0.05, 0) is 25.0 Å². The van der Waals surface area contributed by atoms with E-state index in [1.165, 1.54) is 12.1 Å². The first-order valence-corrected chi connectivity index (χ1v) is 5.97. The van der Waals surface area contributed by atoms with Gasteiger partial charge in [-0.15, -0.1) is 13.2 Å². The van der Waals surface area contributed by atoms with Crippen LogP contribution in [0.3, 0.4) is 0 Å². The Kier molecular flexibility index (Phi) is 5.24. The molecule has 7 heteroatoms. The molecule has 0 radical (unpaired) electrons. The van der Waals surface area contributed by atoms with Gasteiger partial charge in [-0.2, -0.15) is 0 Å². The van der Waals surface area contributed by atoms with Crippen molar-refractivity contribution >= 4 is 5.97 Å². The highest BCUT2D eigenvalue weighted by atomic mass is 19.4. The Bertz CT molecular complexity index is 471. The van der Waals surface area contributed by atoms with Crippen molar-refractivity contribution in [2.75, 3.05) is 6.61 Å². The van der Waals surface area contributed by atoms with E-state index in [4.69, 9.17) is 4.74 Å². The number of carbonyl (C=O) groups excluding carboxylic acids is 1. The molecule has 0 aliphatic rings. The number of ether oxygens (including phenoxy) is 2. The molecule has 1 aromatic carbocycles. The summed E-state index contributed by atoms with van der Waals surface area (Å²) in [5.41, 5.74) is 0.167. The molecule has 0 aliphatic carbocycles. The van der Waals surface area contributed by atoms with Crippen molar-refractivity contribution in [2.45, 2.75) is 26.6 Å². The fourth-order valence-corrected chi connectivity index (χ4v) is 1.63. The van der Waals surface area contributed by atoms with E-state index in [2.05, 4.69) is 4.74 Å². The maximum Gasteiger partial charge on any atom is 0.573 e. The lowest BCUT2D eigenvalue weighted by molar-refractivity contribution is -0.274. The fourth-order valence-electron chi connectivity index (χ4n) is 1.63. The number of hydrogen-bond acceptors (Lipinski definition) is 4. The number of benzene rings is 1. The smallest absolute Gasteiger partial charge is 0.508 e. The molecular formula is C13H15F3O4. The van der Waals surface area contributed by atoms with Gasteiger partial charge < -0.3 is 14.6 Å². The van der Waals surface area contributed by atoms with Crippen LogP contribution in [-0.2, 0) is 16.0 Å². The molecule has 0 saturated carbocycles. The monoisotopic (exact) mass is 292 g/mol. The van der Waals surface area contributed by atoms with Crippen LogP contribution in [0.5, 0.6) is 11.5 Å². The highest BCUT2D eigenvalue weighted by Gasteiger charge is 2.32. The number of rotatable bonds is 5. The molecule has 4 nitrogen and oxygen atoms in total. The number of alkyl halides is 3. The summed E-state index contributed by atoms with van der Waals surface area (Å²) in [6.45, 7) is 3.39. The van der Waals surface area contributed by atoms with E-state index in [1.807, 2.05) is 0 Å². The molecule has 112 valence electrons. The van der Waals surface area contributed by atoms with E-state index in [0.717, 1.165) is 6.07 Å². The number of aromatic hydroxyl groups is 1. The number of halogens is 3. The predicted molar refractivity (Wildman–Crippen MR) is 64.3 cm³/mol. The number of hydrogen-bond donors (Lipinski definition) is 1. The Labute approximate surface area is 114 Å². The molecule has 0 bridgehead atoms. The van der Waals surface area contributed by atoms with E-state index in [0.29, 0.717) is 0 Å². The third-order valence-corrected chi connectivity index (χ3v) is 2.49. The Morgan fingerprint density at radius 3 is 2.60 bits per heavy atom. The van der Waals surface area contributed by atoms with Crippen LogP contribution >= 0.6 is 0 Å². The van der Waals surface area contributed by atoms with Crippen LogP contribution < -0.4 is 4.74 Å². The molecule has 1 aromatic rings. The van der Waals surface area contributed by atoms with Gasteiger partial charge in [0.1, 0.15) is 11.5 Å². The maximum atomic E-state index is 12.3. The van der Waals surface area contributed by atoms with E-state index in [9.17, 15) is 23.1 Å². The summed E-state index contributed by atoms with van der Waals surface area (Å²) in [7, 11) is 0. The molecule has 20 heavy (non-hydrogen) atoms. The van der Waals surface area contributed by atoms with Gasteiger partial charge in [0.05, 0.1) is 12.5 Å². The molecule has 0 heterocycles. The van der Waals surface area contributed by atoms with Crippen molar-refractivity contribution in [1.29, 1.82) is 0 Å². The summed E-state index contributed by atoms with van der Waals surface area (Å²) in [6.07, 6.45) is -4.85. The van der Waals surface area contributed by atoms with Crippen LogP contribution in [0.25, 0.3) is 0 Å². The van der Waals surface area contributed by atoms with Crippen LogP contribution in [0.1, 0.15) is 19.4 Å². The van der Waals surface area contributed by atoms with Gasteiger partial charge in [0.25, 0.3) is 0 Å². The minimum absolute atomic E-state index is 0.0184. The molecule has 0 spiro atoms. The normalized spacial score (nSPS) is 12.8. The van der Waals surface area contributed by atoms with Crippen molar-refractivity contribution in [2.24, 2.45) is 5.92 Å². The summed E-state index contributed by atoms with van der Waals surface area (Å²) in [5.74, 6) is -1.99. The van der Waals surface area contributed by atoms with E-state index >= 15 is 0 Å². The summed E-state index contributed by atoms with van der Waals surface area (Å²) in [5, 5.41) is 9.22. The number of carbonyl (C=O) groups is 1. The minimum atomic E-state index is -4.87. The van der Waals surface area contributed by atoms with Crippen LogP contribution in [0.2, 0.25) is 0 Å². The summed E-state index contributed by atoms with van der Waals surface area (Å²) in [4.78, 5) is 11.5. The molecule has 0 saturated heterocycles. The first-order chi connectivity index (χ1) is 9.23. The highest BCUT2D eigenvalue weighted by molar-refractivity contribution is 5.72. The zero-order valence-corrected chi connectivity index (χ0v) is 11.0. The van der Waals surface area contributed by atoms with Crippen molar-refractivity contribution in [3.63, 3.8) is 0 Å². The molecule has 1 atom stereocenters. The fraction of sp³-hybridized carbons (Fsp3) is 0.462. The Morgan fingerprint density at radius 1 is 1.40 bits per heavy atom. The lowest BCUT2D eigenvalue weighted by Crippen LogP contribution is -2.20. The van der Waals surface area contributed by atoms with Gasteiger partial charge in [0.15, 0.2) is 0 Å². The third kappa shape index (κ3) is 4.99. The second-order valence-corrected chi connectivity index (χ2v) is 4.20. The zero-order valence-electron chi connectivity index (χ0n) is 11.0. The maximum absolute atomic E-state index is 12.3. The van der Waals surface area contributed by atoms with Gasteiger partial charge >= 0.3 is 12.3 Å². The summed E-state index contributed by atoms with van der Waals surface area (Å²) in [6, 6.07) is 3.38. The lowest BCUT2D eigenvalue weighted by atomic mass is 10.0. The molecule has 0 aliphatic heterocycles. The number of phenolic OH excluding ortho intramolecular Hbond substituents is 1. The van der Waals surface area contributed by atoms with E-state index in [-0.39, 0.29) is 24.3 Å². The predicted octanol–water partition coefficient (Wildman–Crippen LogP) is 3.03. The van der Waals surface area contributed by atoms with Gasteiger partial charge in [-0.1, -0.05) is 13.0 Å². The van der Waals surface area contributed by atoms with E-state index < -0.39 is 24.0 Å². The second-order valence-electron chi connectivity index (χ2n) is 4.20. The van der Waals surface area contributed by atoms with Gasteiger partial charge in [0.2, 0.25) is 0 Å². The van der Waals surface area contributed by atoms with Crippen LogP contribution in [-0.4, -0.2) is 24.0 Å². The largest absolute Gasteiger partial charge is 0.573 e. The molecule has 1 N–H and O–H groups in total. The quantitative estimate of drug-likeness (QED) is 0.847. The topological polar surface area (TPSA) is 55.8 Å². The average molecular weight is 292 g/mol. The number of esters is 1. The van der Waals surface area contributed by atoms with Crippen molar-refractivity contribution in [3.05, 3.63) is 23.8 Å². The molecule has 1 rings (SSSR count). The molecule has 0 aromatic heterocycles. The highest BCUT2D eigenvalue weighted by Crippen LogP contribution is 2.31. The summed E-state index contributed by atoms with van der Waals surface area (Å²) >= 11 is 0. The van der Waals surface area contributed by atoms with Crippen molar-refractivity contribution in [1.82, 2.24) is 0 Å². The van der Waals surface area contributed by atoms with E-state index in [1.54, 1.807) is 13.8 Å². The minimum Gasteiger partial charge on any atom is -0.508 e. The average Bonchev–Trinajstić information content (AvgIpc) is 2.30. The zero-order chi connectivity index (χ0) is 15.3. The lowest BCUT2D eigenvalue weighted by Gasteiger charge is -2.16. The first kappa shape index (κ1) is 16.1. The van der Waals surface area contributed by atoms with Gasteiger partial charge in [0, 0.05) is 6.07 Å². The SMILES string of the molecule is CCOC(=O)C(C)Cc1ccc(O)cc1OC(F)(F)F. The van der Waals surface area contributed by atoms with Gasteiger partial charge in [-0.3, -0.25) is 4.79 Å². The molecule has 1 unspecified atom stereocenters. The standard InChI is InChI=1S/C13H15F3O4/c1-3-19-12(18)8(2)6-9-4-5-10(17)7-11(9)20-13(14,15)16/h4-5,7-8,17H,3,6H2,1-2H3. The molecule has 0 fully saturated rings. The number of phenols is 1. The molecular weight excluding hydrogens is 277 g/mol. The first-order valence-electron chi connectivity index (χ1n) is 5.97. The van der Waals surface area contributed by atoms with Crippen LogP contribution in [0.4, 0.5) is 13.2 Å². The van der Waals surface area contributed by atoms with Crippen molar-refractivity contribution in [3.8, 4) is 11.5 Å². The second kappa shape index (κ2) is 6.49. The molecule has 0 amide bonds. The van der Waals surface area contributed by atoms with Crippen LogP contribution in [0.15, 0.2) is 18.2 Å². The Balaban J connectivity index is 2.91. The Morgan fingerprint density at radius 2 is 2.05 bits per heavy atom. The Hall–Kier alpha value is -1.92. The summed E-state index contributed by atoms with van der Waals surface area (Å²) < 4.78 is 45.5. The third-order valence-electron chi connectivity index (χ3n) is 2.49. The van der Waals surface area contributed by atoms with Crippen LogP contribution in [0, 0.1) is 5.92 Å². The van der Waals surface area contributed by atoms with Gasteiger partial charge in [-0.25, -0.2) is 0 Å².